The van der Waals surface area contributed by atoms with Crippen molar-refractivity contribution < 1.29 is 19.4 Å². The van der Waals surface area contributed by atoms with Crippen LogP contribution in [0.5, 0.6) is 5.75 Å². The minimum absolute atomic E-state index is 0.0943. The zero-order valence-corrected chi connectivity index (χ0v) is 15.7. The second-order valence-corrected chi connectivity index (χ2v) is 7.41. The van der Waals surface area contributed by atoms with Gasteiger partial charge in [0.15, 0.2) is 11.6 Å². The lowest BCUT2D eigenvalue weighted by Gasteiger charge is -2.44. The molecule has 0 bridgehead atoms. The summed E-state index contributed by atoms with van der Waals surface area (Å²) >= 11 is 0. The van der Waals surface area contributed by atoms with E-state index in [1.54, 1.807) is 19.2 Å². The Labute approximate surface area is 159 Å². The molecule has 0 radical (unpaired) electrons. The van der Waals surface area contributed by atoms with Gasteiger partial charge in [0.25, 0.3) is 0 Å². The largest absolute Gasteiger partial charge is 0.508 e. The third kappa shape index (κ3) is 3.00. The highest BCUT2D eigenvalue weighted by molar-refractivity contribution is 6.06. The Morgan fingerprint density at radius 1 is 1.00 bits per heavy atom. The van der Waals surface area contributed by atoms with E-state index in [9.17, 15) is 14.7 Å². The average Bonchev–Trinajstić information content (AvgIpc) is 2.67. The number of ketones is 2. The van der Waals surface area contributed by atoms with Crippen molar-refractivity contribution in [1.82, 2.24) is 4.90 Å². The first-order valence-electron chi connectivity index (χ1n) is 9.70. The summed E-state index contributed by atoms with van der Waals surface area (Å²) in [5.74, 6) is -0.118. The van der Waals surface area contributed by atoms with Crippen LogP contribution in [0.1, 0.15) is 50.0 Å². The van der Waals surface area contributed by atoms with E-state index in [-0.39, 0.29) is 17.3 Å². The van der Waals surface area contributed by atoms with Crippen LogP contribution in [-0.4, -0.2) is 41.8 Å². The van der Waals surface area contributed by atoms with Gasteiger partial charge in [-0.15, -0.1) is 0 Å². The number of ether oxygens (including phenoxy) is 1. The highest BCUT2D eigenvalue weighted by Crippen LogP contribution is 2.50. The van der Waals surface area contributed by atoms with Crippen molar-refractivity contribution >= 4 is 11.6 Å². The van der Waals surface area contributed by atoms with Crippen molar-refractivity contribution in [1.29, 1.82) is 0 Å². The Bertz CT molecular complexity index is 808. The van der Waals surface area contributed by atoms with Crippen LogP contribution in [0.4, 0.5) is 0 Å². The Hall–Kier alpha value is -2.40. The SMILES string of the molecule is COCCN1C2=C(C(=O)CCC2)C(c2ccccc2O)C2=C1CCCC2=O. The number of hydrogen-bond donors (Lipinski definition) is 1. The summed E-state index contributed by atoms with van der Waals surface area (Å²) in [6, 6.07) is 7.09. The molecule has 0 unspecified atom stereocenters. The summed E-state index contributed by atoms with van der Waals surface area (Å²) in [5.41, 5.74) is 4.10. The minimum Gasteiger partial charge on any atom is -0.508 e. The summed E-state index contributed by atoms with van der Waals surface area (Å²) in [7, 11) is 1.66. The number of carbonyl (C=O) groups excluding carboxylic acids is 2. The Balaban J connectivity index is 1.94. The number of phenols is 1. The van der Waals surface area contributed by atoms with Gasteiger partial charge in [-0.1, -0.05) is 18.2 Å². The van der Waals surface area contributed by atoms with Gasteiger partial charge >= 0.3 is 0 Å². The van der Waals surface area contributed by atoms with Gasteiger partial charge in [0.2, 0.25) is 0 Å². The highest BCUT2D eigenvalue weighted by Gasteiger charge is 2.43. The molecule has 0 saturated carbocycles. The van der Waals surface area contributed by atoms with Gasteiger partial charge in [-0.2, -0.15) is 0 Å². The fourth-order valence-corrected chi connectivity index (χ4v) is 4.71. The molecule has 27 heavy (non-hydrogen) atoms. The number of nitrogens with zero attached hydrogens (tertiary/aromatic N) is 1. The van der Waals surface area contributed by atoms with Gasteiger partial charge < -0.3 is 14.7 Å². The lowest BCUT2D eigenvalue weighted by molar-refractivity contribution is -0.117. The summed E-state index contributed by atoms with van der Waals surface area (Å²) in [6.45, 7) is 1.18. The number of Topliss-reactive ketones (excluding diaryl/α,β-unsaturated/α-hetero) is 2. The maximum Gasteiger partial charge on any atom is 0.161 e. The Morgan fingerprint density at radius 3 is 2.15 bits per heavy atom. The molecular formula is C22H25NO4. The van der Waals surface area contributed by atoms with Crippen molar-refractivity contribution in [3.63, 3.8) is 0 Å². The van der Waals surface area contributed by atoms with Gasteiger partial charge in [-0.25, -0.2) is 0 Å². The van der Waals surface area contributed by atoms with E-state index in [1.165, 1.54) is 0 Å². The molecule has 1 aromatic rings. The van der Waals surface area contributed by atoms with Crippen LogP contribution in [0.25, 0.3) is 0 Å². The van der Waals surface area contributed by atoms with Crippen molar-refractivity contribution in [2.75, 3.05) is 20.3 Å². The molecule has 5 heteroatoms. The number of methoxy groups -OCH3 is 1. The number of benzene rings is 1. The highest BCUT2D eigenvalue weighted by atomic mass is 16.5. The molecule has 0 spiro atoms. The predicted octanol–water partition coefficient (Wildman–Crippen LogP) is 3.45. The number of carbonyl (C=O) groups is 2. The zero-order chi connectivity index (χ0) is 19.0. The molecule has 3 aliphatic rings. The van der Waals surface area contributed by atoms with Crippen LogP contribution < -0.4 is 0 Å². The van der Waals surface area contributed by atoms with Crippen molar-refractivity contribution in [2.24, 2.45) is 0 Å². The van der Waals surface area contributed by atoms with E-state index < -0.39 is 5.92 Å². The van der Waals surface area contributed by atoms with Crippen LogP contribution >= 0.6 is 0 Å². The van der Waals surface area contributed by atoms with Gasteiger partial charge in [-0.3, -0.25) is 9.59 Å². The molecule has 0 aromatic heterocycles. The van der Waals surface area contributed by atoms with E-state index in [1.807, 2.05) is 12.1 Å². The van der Waals surface area contributed by atoms with Gasteiger partial charge in [0, 0.05) is 60.5 Å². The molecule has 0 amide bonds. The summed E-state index contributed by atoms with van der Waals surface area (Å²) in [6.07, 6.45) is 4.28. The van der Waals surface area contributed by atoms with Crippen LogP contribution in [-0.2, 0) is 14.3 Å². The van der Waals surface area contributed by atoms with E-state index in [0.29, 0.717) is 42.7 Å². The van der Waals surface area contributed by atoms with Crippen molar-refractivity contribution in [3.8, 4) is 5.75 Å². The maximum atomic E-state index is 13.0. The number of rotatable bonds is 4. The second kappa shape index (κ2) is 7.31. The molecule has 5 nitrogen and oxygen atoms in total. The molecule has 1 aromatic carbocycles. The van der Waals surface area contributed by atoms with Crippen molar-refractivity contribution in [2.45, 2.75) is 44.4 Å². The molecule has 1 heterocycles. The first kappa shape index (κ1) is 18.0. The molecule has 0 fully saturated rings. The third-order valence-electron chi connectivity index (χ3n) is 5.85. The van der Waals surface area contributed by atoms with Crippen LogP contribution in [0.3, 0.4) is 0 Å². The lowest BCUT2D eigenvalue weighted by atomic mass is 9.70. The zero-order valence-electron chi connectivity index (χ0n) is 15.7. The first-order chi connectivity index (χ1) is 13.1. The van der Waals surface area contributed by atoms with Crippen LogP contribution in [0, 0.1) is 0 Å². The fourth-order valence-electron chi connectivity index (χ4n) is 4.71. The number of para-hydroxylation sites is 1. The molecule has 1 aliphatic heterocycles. The monoisotopic (exact) mass is 367 g/mol. The standard InChI is InChI=1S/C22H25NO4/c1-27-13-12-23-15-7-4-10-18(25)21(15)20(14-6-2-3-9-17(14)24)22-16(23)8-5-11-19(22)26/h2-3,6,9,20,24H,4-5,7-8,10-13H2,1H3. The molecule has 1 N–H and O–H groups in total. The summed E-state index contributed by atoms with van der Waals surface area (Å²) < 4.78 is 5.29. The van der Waals surface area contributed by atoms with Gasteiger partial charge in [0.1, 0.15) is 5.75 Å². The molecule has 0 saturated heterocycles. The van der Waals surface area contributed by atoms with E-state index in [2.05, 4.69) is 4.90 Å². The number of allylic oxidation sites excluding steroid dienone is 4. The van der Waals surface area contributed by atoms with Crippen LogP contribution in [0.2, 0.25) is 0 Å². The van der Waals surface area contributed by atoms with E-state index in [0.717, 1.165) is 37.1 Å². The molecule has 4 rings (SSSR count). The lowest BCUT2D eigenvalue weighted by Crippen LogP contribution is -2.40. The van der Waals surface area contributed by atoms with Gasteiger partial charge in [-0.05, 0) is 31.7 Å². The minimum atomic E-state index is -0.449. The topological polar surface area (TPSA) is 66.8 Å². The number of phenolic OH excluding ortho intramolecular Hbond substituents is 1. The Kier molecular flexibility index (Phi) is 4.87. The maximum absolute atomic E-state index is 13.0. The van der Waals surface area contributed by atoms with Crippen LogP contribution in [0.15, 0.2) is 46.8 Å². The van der Waals surface area contributed by atoms with Gasteiger partial charge in [0.05, 0.1) is 6.61 Å². The third-order valence-corrected chi connectivity index (χ3v) is 5.85. The quantitative estimate of drug-likeness (QED) is 0.883. The average molecular weight is 367 g/mol. The second-order valence-electron chi connectivity index (χ2n) is 7.41. The molecule has 2 aliphatic carbocycles. The molecule has 0 atom stereocenters. The number of hydrogen-bond acceptors (Lipinski definition) is 5. The van der Waals surface area contributed by atoms with E-state index in [4.69, 9.17) is 4.74 Å². The Morgan fingerprint density at radius 2 is 1.59 bits per heavy atom. The van der Waals surface area contributed by atoms with Crippen molar-refractivity contribution in [3.05, 3.63) is 52.4 Å². The summed E-state index contributed by atoms with van der Waals surface area (Å²) in [5, 5.41) is 10.5. The predicted molar refractivity (Wildman–Crippen MR) is 101 cm³/mol. The molecular weight excluding hydrogens is 342 g/mol. The van der Waals surface area contributed by atoms with E-state index >= 15 is 0 Å². The molecule has 142 valence electrons. The number of aromatic hydroxyl groups is 1. The summed E-state index contributed by atoms with van der Waals surface area (Å²) in [4.78, 5) is 28.2. The fraction of sp³-hybridized carbons (Fsp3) is 0.455. The first-order valence-corrected chi connectivity index (χ1v) is 9.70. The normalized spacial score (nSPS) is 20.9. The smallest absolute Gasteiger partial charge is 0.161 e.